The summed E-state index contributed by atoms with van der Waals surface area (Å²) in [5.41, 5.74) is 3.31. The van der Waals surface area contributed by atoms with Crippen LogP contribution in [0.4, 0.5) is 0 Å². The van der Waals surface area contributed by atoms with Gasteiger partial charge in [-0.1, -0.05) is 36.4 Å². The largest absolute Gasteiger partial charge is 0.327 e. The standard InChI is InChI=1S/C24H26N4O3/c1-15-9-8-12-27-19(16(2)25-23(15)27)21(29)18-20(17-10-6-5-7-11-17)28(14-13-26(3)4)24(31)22(18)30/h5-12,18,20H,13-14H2,1-4H3. The average molecular weight is 418 g/mol. The monoisotopic (exact) mass is 418 g/mol. The second-order valence-electron chi connectivity index (χ2n) is 8.29. The lowest BCUT2D eigenvalue weighted by molar-refractivity contribution is -0.140. The number of carbonyl (C=O) groups is 3. The smallest absolute Gasteiger partial charge is 0.291 e. The molecule has 0 N–H and O–H groups in total. The summed E-state index contributed by atoms with van der Waals surface area (Å²) in [6, 6.07) is 12.5. The third-order valence-corrected chi connectivity index (χ3v) is 5.87. The summed E-state index contributed by atoms with van der Waals surface area (Å²) < 4.78 is 1.73. The molecule has 1 aromatic carbocycles. The van der Waals surface area contributed by atoms with Crippen molar-refractivity contribution in [3.05, 3.63) is 71.2 Å². The maximum Gasteiger partial charge on any atom is 0.291 e. The highest BCUT2D eigenvalue weighted by Gasteiger charge is 2.52. The van der Waals surface area contributed by atoms with Crippen molar-refractivity contribution in [3.63, 3.8) is 0 Å². The van der Waals surface area contributed by atoms with Crippen molar-refractivity contribution in [3.8, 4) is 0 Å². The van der Waals surface area contributed by atoms with Crippen LogP contribution in [-0.2, 0) is 9.59 Å². The number of ketones is 2. The van der Waals surface area contributed by atoms with Crippen LogP contribution >= 0.6 is 0 Å². The minimum absolute atomic E-state index is 0.361. The van der Waals surface area contributed by atoms with Crippen LogP contribution in [-0.4, -0.2) is 63.8 Å². The Labute approximate surface area is 181 Å². The summed E-state index contributed by atoms with van der Waals surface area (Å²) in [4.78, 5) is 48.0. The van der Waals surface area contributed by atoms with Crippen molar-refractivity contribution >= 4 is 23.1 Å². The molecule has 2 unspecified atom stereocenters. The molecule has 1 fully saturated rings. The van der Waals surface area contributed by atoms with Crippen molar-refractivity contribution in [2.45, 2.75) is 19.9 Å². The fourth-order valence-electron chi connectivity index (χ4n) is 4.32. The highest BCUT2D eigenvalue weighted by Crippen LogP contribution is 2.38. The number of imidazole rings is 1. The lowest BCUT2D eigenvalue weighted by Crippen LogP contribution is -2.36. The molecule has 1 aliphatic heterocycles. The van der Waals surface area contributed by atoms with E-state index in [0.29, 0.717) is 30.1 Å². The van der Waals surface area contributed by atoms with Gasteiger partial charge in [0.15, 0.2) is 5.78 Å². The van der Waals surface area contributed by atoms with Crippen LogP contribution in [0.2, 0.25) is 0 Å². The molecule has 3 heterocycles. The van der Waals surface area contributed by atoms with E-state index in [2.05, 4.69) is 4.98 Å². The molecule has 0 radical (unpaired) electrons. The molecule has 1 amide bonds. The van der Waals surface area contributed by atoms with Gasteiger partial charge in [0, 0.05) is 19.3 Å². The van der Waals surface area contributed by atoms with Gasteiger partial charge in [0.1, 0.15) is 17.3 Å². The average Bonchev–Trinajstić information content (AvgIpc) is 3.21. The molecule has 7 nitrogen and oxygen atoms in total. The maximum atomic E-state index is 13.8. The summed E-state index contributed by atoms with van der Waals surface area (Å²) in [6.45, 7) is 4.65. The Balaban J connectivity index is 1.83. The number of Topliss-reactive ketones (excluding diaryl/α,β-unsaturated/α-hetero) is 2. The lowest BCUT2D eigenvalue weighted by Gasteiger charge is -2.28. The molecule has 0 bridgehead atoms. The zero-order valence-corrected chi connectivity index (χ0v) is 18.2. The number of aromatic nitrogens is 2. The lowest BCUT2D eigenvalue weighted by atomic mass is 9.87. The number of benzene rings is 1. The Bertz CT molecular complexity index is 1170. The van der Waals surface area contributed by atoms with Crippen LogP contribution in [0.25, 0.3) is 5.65 Å². The molecular weight excluding hydrogens is 392 g/mol. The predicted octanol–water partition coefficient (Wildman–Crippen LogP) is 2.46. The van der Waals surface area contributed by atoms with Crippen molar-refractivity contribution in [2.24, 2.45) is 5.92 Å². The second kappa shape index (κ2) is 8.07. The molecule has 0 spiro atoms. The number of hydrogen-bond acceptors (Lipinski definition) is 5. The van der Waals surface area contributed by atoms with Crippen molar-refractivity contribution in [1.82, 2.24) is 19.2 Å². The van der Waals surface area contributed by atoms with Crippen LogP contribution in [0.5, 0.6) is 0 Å². The zero-order valence-electron chi connectivity index (χ0n) is 18.2. The minimum Gasteiger partial charge on any atom is -0.327 e. The zero-order chi connectivity index (χ0) is 22.3. The van der Waals surface area contributed by atoms with E-state index in [-0.39, 0.29) is 5.78 Å². The molecule has 2 atom stereocenters. The number of likely N-dealkylation sites (N-methyl/N-ethyl adjacent to an activating group) is 1. The Morgan fingerprint density at radius 1 is 1.06 bits per heavy atom. The van der Waals surface area contributed by atoms with E-state index in [1.54, 1.807) is 22.4 Å². The normalized spacial score (nSPS) is 19.1. The van der Waals surface area contributed by atoms with Crippen LogP contribution in [0.1, 0.15) is 33.4 Å². The number of nitrogens with zero attached hydrogens (tertiary/aromatic N) is 4. The summed E-state index contributed by atoms with van der Waals surface area (Å²) >= 11 is 0. The third kappa shape index (κ3) is 3.55. The van der Waals surface area contributed by atoms with Gasteiger partial charge in [0.25, 0.3) is 5.91 Å². The van der Waals surface area contributed by atoms with E-state index in [4.69, 9.17) is 0 Å². The number of rotatable bonds is 6. The number of likely N-dealkylation sites (tertiary alicyclic amines) is 1. The molecule has 4 rings (SSSR count). The van der Waals surface area contributed by atoms with Gasteiger partial charge in [-0.05, 0) is 45.1 Å². The summed E-state index contributed by atoms with van der Waals surface area (Å²) in [5, 5.41) is 0. The van der Waals surface area contributed by atoms with Gasteiger partial charge in [-0.2, -0.15) is 0 Å². The van der Waals surface area contributed by atoms with Crippen molar-refractivity contribution in [2.75, 3.05) is 27.2 Å². The van der Waals surface area contributed by atoms with Gasteiger partial charge in [0.2, 0.25) is 5.78 Å². The highest BCUT2D eigenvalue weighted by atomic mass is 16.2. The van der Waals surface area contributed by atoms with Crippen LogP contribution < -0.4 is 0 Å². The Morgan fingerprint density at radius 3 is 2.45 bits per heavy atom. The number of amides is 1. The number of aryl methyl sites for hydroxylation is 2. The topological polar surface area (TPSA) is 75.0 Å². The number of hydrogen-bond donors (Lipinski definition) is 0. The summed E-state index contributed by atoms with van der Waals surface area (Å²) in [5.74, 6) is -2.72. The highest BCUT2D eigenvalue weighted by molar-refractivity contribution is 6.44. The van der Waals surface area contributed by atoms with E-state index in [1.807, 2.05) is 68.4 Å². The molecule has 160 valence electrons. The molecule has 7 heteroatoms. The molecule has 31 heavy (non-hydrogen) atoms. The summed E-state index contributed by atoms with van der Waals surface area (Å²) in [6.07, 6.45) is 1.78. The quantitative estimate of drug-likeness (QED) is 0.349. The Morgan fingerprint density at radius 2 is 1.77 bits per heavy atom. The number of fused-ring (bicyclic) bond motifs is 1. The van der Waals surface area contributed by atoms with E-state index < -0.39 is 23.7 Å². The minimum atomic E-state index is -1.10. The van der Waals surface area contributed by atoms with Crippen molar-refractivity contribution < 1.29 is 14.4 Å². The van der Waals surface area contributed by atoms with Crippen LogP contribution in [0.3, 0.4) is 0 Å². The van der Waals surface area contributed by atoms with Gasteiger partial charge in [-0.3, -0.25) is 18.8 Å². The van der Waals surface area contributed by atoms with Crippen molar-refractivity contribution in [1.29, 1.82) is 0 Å². The third-order valence-electron chi connectivity index (χ3n) is 5.87. The predicted molar refractivity (Wildman–Crippen MR) is 117 cm³/mol. The first-order valence-electron chi connectivity index (χ1n) is 10.3. The molecular formula is C24H26N4O3. The van der Waals surface area contributed by atoms with Gasteiger partial charge in [0.05, 0.1) is 11.7 Å². The van der Waals surface area contributed by atoms with Crippen LogP contribution in [0.15, 0.2) is 48.7 Å². The summed E-state index contributed by atoms with van der Waals surface area (Å²) in [7, 11) is 3.82. The van der Waals surface area contributed by atoms with E-state index in [9.17, 15) is 14.4 Å². The fourth-order valence-corrected chi connectivity index (χ4v) is 4.32. The number of pyridine rings is 1. The maximum absolute atomic E-state index is 13.8. The molecule has 0 aliphatic carbocycles. The molecule has 3 aromatic rings. The van der Waals surface area contributed by atoms with Gasteiger partial charge in [-0.25, -0.2) is 4.98 Å². The van der Waals surface area contributed by atoms with Gasteiger partial charge < -0.3 is 9.80 Å². The molecule has 2 aromatic heterocycles. The second-order valence-corrected chi connectivity index (χ2v) is 8.29. The first-order chi connectivity index (χ1) is 14.8. The van der Waals surface area contributed by atoms with E-state index in [1.165, 1.54) is 0 Å². The first-order valence-corrected chi connectivity index (χ1v) is 10.3. The van der Waals surface area contributed by atoms with E-state index in [0.717, 1.165) is 11.1 Å². The SMILES string of the molecule is Cc1nc2c(C)cccn2c1C(=O)C1C(=O)C(=O)N(CCN(C)C)C1c1ccccc1. The number of carbonyl (C=O) groups excluding carboxylic acids is 3. The molecule has 1 saturated heterocycles. The molecule has 1 aliphatic rings. The van der Waals surface area contributed by atoms with Gasteiger partial charge in [-0.15, -0.1) is 0 Å². The Hall–Kier alpha value is -3.32. The van der Waals surface area contributed by atoms with Gasteiger partial charge >= 0.3 is 0 Å². The Kier molecular flexibility index (Phi) is 5.45. The van der Waals surface area contributed by atoms with Crippen LogP contribution in [0, 0.1) is 19.8 Å². The fraction of sp³-hybridized carbons (Fsp3) is 0.333. The molecule has 0 saturated carbocycles. The first kappa shape index (κ1) is 20.9. The van der Waals surface area contributed by atoms with E-state index >= 15 is 0 Å².